The zero-order chi connectivity index (χ0) is 6.85. The van der Waals surface area contributed by atoms with Crippen LogP contribution in [0.4, 0.5) is 0 Å². The van der Waals surface area contributed by atoms with Gasteiger partial charge in [0.25, 0.3) is 0 Å². The van der Waals surface area contributed by atoms with Gasteiger partial charge in [0.05, 0.1) is 6.10 Å². The maximum absolute atomic E-state index is 9.10. The molecule has 1 atom stereocenters. The van der Waals surface area contributed by atoms with E-state index in [0.717, 1.165) is 12.8 Å². The molecular weight excluding hydrogens is 112 g/mol. The van der Waals surface area contributed by atoms with Crippen LogP contribution in [0.25, 0.3) is 0 Å². The SMILES string of the molecule is CC(C)C1=CCC(O)C1. The van der Waals surface area contributed by atoms with Gasteiger partial charge in [0.1, 0.15) is 0 Å². The minimum absolute atomic E-state index is 0.0811. The van der Waals surface area contributed by atoms with Crippen molar-refractivity contribution < 1.29 is 5.11 Å². The van der Waals surface area contributed by atoms with E-state index >= 15 is 0 Å². The van der Waals surface area contributed by atoms with Gasteiger partial charge in [-0.05, 0) is 18.8 Å². The predicted octanol–water partition coefficient (Wildman–Crippen LogP) is 1.72. The Morgan fingerprint density at radius 1 is 1.67 bits per heavy atom. The smallest absolute Gasteiger partial charge is 0.0611 e. The number of aliphatic hydroxyl groups is 1. The molecule has 1 unspecified atom stereocenters. The molecule has 0 aromatic heterocycles. The van der Waals surface area contributed by atoms with E-state index in [-0.39, 0.29) is 6.10 Å². The van der Waals surface area contributed by atoms with E-state index in [1.54, 1.807) is 0 Å². The first-order valence-corrected chi connectivity index (χ1v) is 3.57. The van der Waals surface area contributed by atoms with Gasteiger partial charge in [-0.2, -0.15) is 0 Å². The van der Waals surface area contributed by atoms with Crippen LogP contribution in [0.1, 0.15) is 26.7 Å². The minimum atomic E-state index is -0.0811. The number of rotatable bonds is 1. The average Bonchev–Trinajstić information content (AvgIpc) is 2.14. The van der Waals surface area contributed by atoms with Gasteiger partial charge in [0, 0.05) is 0 Å². The van der Waals surface area contributed by atoms with Crippen LogP contribution in [0.2, 0.25) is 0 Å². The quantitative estimate of drug-likeness (QED) is 0.530. The van der Waals surface area contributed by atoms with Crippen LogP contribution >= 0.6 is 0 Å². The van der Waals surface area contributed by atoms with Crippen molar-refractivity contribution in [2.45, 2.75) is 32.8 Å². The van der Waals surface area contributed by atoms with Gasteiger partial charge < -0.3 is 5.11 Å². The molecule has 0 heterocycles. The Morgan fingerprint density at radius 3 is 2.56 bits per heavy atom. The van der Waals surface area contributed by atoms with E-state index in [1.807, 2.05) is 0 Å². The van der Waals surface area contributed by atoms with Gasteiger partial charge in [-0.3, -0.25) is 0 Å². The third kappa shape index (κ3) is 1.55. The summed E-state index contributed by atoms with van der Waals surface area (Å²) in [4.78, 5) is 0. The lowest BCUT2D eigenvalue weighted by Gasteiger charge is -2.05. The Hall–Kier alpha value is -0.300. The van der Waals surface area contributed by atoms with E-state index < -0.39 is 0 Å². The molecule has 52 valence electrons. The standard InChI is InChI=1S/C8H14O/c1-6(2)7-3-4-8(9)5-7/h3,6,8-9H,4-5H2,1-2H3. The minimum Gasteiger partial charge on any atom is -0.392 e. The summed E-state index contributed by atoms with van der Waals surface area (Å²) >= 11 is 0. The first kappa shape index (κ1) is 6.81. The van der Waals surface area contributed by atoms with E-state index in [2.05, 4.69) is 19.9 Å². The van der Waals surface area contributed by atoms with Gasteiger partial charge in [0.2, 0.25) is 0 Å². The van der Waals surface area contributed by atoms with E-state index in [4.69, 9.17) is 5.11 Å². The zero-order valence-electron chi connectivity index (χ0n) is 6.09. The van der Waals surface area contributed by atoms with Crippen molar-refractivity contribution in [2.24, 2.45) is 5.92 Å². The van der Waals surface area contributed by atoms with Gasteiger partial charge in [-0.15, -0.1) is 0 Å². The average molecular weight is 126 g/mol. The third-order valence-electron chi connectivity index (χ3n) is 1.87. The summed E-state index contributed by atoms with van der Waals surface area (Å²) in [5.74, 6) is 0.627. The summed E-state index contributed by atoms with van der Waals surface area (Å²) in [6.07, 6.45) is 3.85. The Kier molecular flexibility index (Phi) is 1.91. The molecule has 9 heavy (non-hydrogen) atoms. The molecule has 1 rings (SSSR count). The molecule has 0 saturated carbocycles. The first-order valence-electron chi connectivity index (χ1n) is 3.57. The van der Waals surface area contributed by atoms with E-state index in [1.165, 1.54) is 5.57 Å². The molecule has 1 N–H and O–H groups in total. The van der Waals surface area contributed by atoms with Crippen LogP contribution in [-0.2, 0) is 0 Å². The van der Waals surface area contributed by atoms with Crippen molar-refractivity contribution in [3.8, 4) is 0 Å². The maximum atomic E-state index is 9.10. The molecule has 0 aliphatic heterocycles. The second-order valence-electron chi connectivity index (χ2n) is 3.03. The van der Waals surface area contributed by atoms with Crippen LogP contribution in [0.3, 0.4) is 0 Å². The Bertz CT molecular complexity index is 125. The molecule has 0 amide bonds. The molecule has 0 spiro atoms. The predicted molar refractivity (Wildman–Crippen MR) is 38.2 cm³/mol. The molecule has 0 aromatic carbocycles. The lowest BCUT2D eigenvalue weighted by molar-refractivity contribution is 0.186. The topological polar surface area (TPSA) is 20.2 Å². The van der Waals surface area contributed by atoms with Gasteiger partial charge in [-0.1, -0.05) is 25.5 Å². The molecule has 0 aromatic rings. The lowest BCUT2D eigenvalue weighted by Crippen LogP contribution is -2.00. The molecule has 1 aliphatic rings. The number of hydrogen-bond acceptors (Lipinski definition) is 1. The first-order chi connectivity index (χ1) is 4.20. The van der Waals surface area contributed by atoms with Gasteiger partial charge in [0.15, 0.2) is 0 Å². The van der Waals surface area contributed by atoms with Crippen LogP contribution in [0.15, 0.2) is 11.6 Å². The van der Waals surface area contributed by atoms with Crippen LogP contribution < -0.4 is 0 Å². The van der Waals surface area contributed by atoms with Gasteiger partial charge >= 0.3 is 0 Å². The van der Waals surface area contributed by atoms with Crippen molar-refractivity contribution >= 4 is 0 Å². The Labute approximate surface area is 56.4 Å². The Balaban J connectivity index is 2.45. The van der Waals surface area contributed by atoms with Crippen molar-refractivity contribution in [3.63, 3.8) is 0 Å². The molecule has 0 radical (unpaired) electrons. The monoisotopic (exact) mass is 126 g/mol. The summed E-state index contributed by atoms with van der Waals surface area (Å²) in [6, 6.07) is 0. The lowest BCUT2D eigenvalue weighted by atomic mass is 10.0. The summed E-state index contributed by atoms with van der Waals surface area (Å²) in [5.41, 5.74) is 1.42. The van der Waals surface area contributed by atoms with E-state index in [0.29, 0.717) is 5.92 Å². The number of aliphatic hydroxyl groups excluding tert-OH is 1. The molecule has 1 aliphatic carbocycles. The van der Waals surface area contributed by atoms with E-state index in [9.17, 15) is 0 Å². The van der Waals surface area contributed by atoms with Crippen LogP contribution in [0, 0.1) is 5.92 Å². The fourth-order valence-corrected chi connectivity index (χ4v) is 1.20. The van der Waals surface area contributed by atoms with Gasteiger partial charge in [-0.25, -0.2) is 0 Å². The summed E-state index contributed by atoms with van der Waals surface area (Å²) in [7, 11) is 0. The van der Waals surface area contributed by atoms with Crippen LogP contribution in [0.5, 0.6) is 0 Å². The van der Waals surface area contributed by atoms with Crippen molar-refractivity contribution in [3.05, 3.63) is 11.6 Å². The second kappa shape index (κ2) is 2.53. The summed E-state index contributed by atoms with van der Waals surface area (Å²) < 4.78 is 0. The fourth-order valence-electron chi connectivity index (χ4n) is 1.20. The molecule has 1 heteroatoms. The molecular formula is C8H14O. The van der Waals surface area contributed by atoms with Crippen molar-refractivity contribution in [1.82, 2.24) is 0 Å². The van der Waals surface area contributed by atoms with Crippen molar-refractivity contribution in [1.29, 1.82) is 0 Å². The molecule has 1 nitrogen and oxygen atoms in total. The summed E-state index contributed by atoms with van der Waals surface area (Å²) in [6.45, 7) is 4.34. The normalized spacial score (nSPS) is 27.1. The number of hydrogen-bond donors (Lipinski definition) is 1. The zero-order valence-corrected chi connectivity index (χ0v) is 6.09. The molecule has 0 bridgehead atoms. The molecule has 0 fully saturated rings. The fraction of sp³-hybridized carbons (Fsp3) is 0.750. The highest BCUT2D eigenvalue weighted by Crippen LogP contribution is 2.24. The highest BCUT2D eigenvalue weighted by Gasteiger charge is 2.15. The largest absolute Gasteiger partial charge is 0.392 e. The maximum Gasteiger partial charge on any atom is 0.0611 e. The second-order valence-corrected chi connectivity index (χ2v) is 3.03. The highest BCUT2D eigenvalue weighted by atomic mass is 16.3. The highest BCUT2D eigenvalue weighted by molar-refractivity contribution is 5.12. The Morgan fingerprint density at radius 2 is 2.33 bits per heavy atom. The van der Waals surface area contributed by atoms with Crippen LogP contribution in [-0.4, -0.2) is 11.2 Å². The molecule has 0 saturated heterocycles. The summed E-state index contributed by atoms with van der Waals surface area (Å²) in [5, 5.41) is 9.10. The van der Waals surface area contributed by atoms with Crippen molar-refractivity contribution in [2.75, 3.05) is 0 Å². The third-order valence-corrected chi connectivity index (χ3v) is 1.87.